The fourth-order valence-electron chi connectivity index (χ4n) is 2.75. The van der Waals surface area contributed by atoms with E-state index in [0.717, 1.165) is 17.7 Å². The summed E-state index contributed by atoms with van der Waals surface area (Å²) in [4.78, 5) is 26.6. The van der Waals surface area contributed by atoms with E-state index in [1.54, 1.807) is 12.2 Å². The van der Waals surface area contributed by atoms with Gasteiger partial charge in [-0.3, -0.25) is 9.59 Å². The number of hydrogen-bond acceptors (Lipinski definition) is 2. The van der Waals surface area contributed by atoms with Gasteiger partial charge in [-0.05, 0) is 47.5 Å². The Balaban J connectivity index is 1.86. The van der Waals surface area contributed by atoms with E-state index in [1.807, 2.05) is 36.4 Å². The summed E-state index contributed by atoms with van der Waals surface area (Å²) in [6, 6.07) is 16.1. The molecule has 0 saturated carbocycles. The number of ketones is 2. The van der Waals surface area contributed by atoms with Gasteiger partial charge in [0.05, 0.1) is 34.6 Å². The second kappa shape index (κ2) is 10.5. The third-order valence-corrected chi connectivity index (χ3v) is 4.30. The van der Waals surface area contributed by atoms with Gasteiger partial charge in [-0.25, -0.2) is 0 Å². The number of quaternary nitrogens is 2. The van der Waals surface area contributed by atoms with Gasteiger partial charge in [0.2, 0.25) is 0 Å². The highest BCUT2D eigenvalue weighted by atomic mass is 16.1. The van der Waals surface area contributed by atoms with Crippen LogP contribution < -0.4 is 9.80 Å². The topological polar surface area (TPSA) is 43.0 Å². The number of nitrogens with one attached hydrogen (secondary N) is 2. The summed E-state index contributed by atoms with van der Waals surface area (Å²) in [6.45, 7) is 0.961. The van der Waals surface area contributed by atoms with E-state index < -0.39 is 0 Å². The van der Waals surface area contributed by atoms with Crippen molar-refractivity contribution in [2.24, 2.45) is 0 Å². The Kier molecular flexibility index (Phi) is 8.05. The zero-order chi connectivity index (χ0) is 20.5. The van der Waals surface area contributed by atoms with Crippen LogP contribution >= 0.6 is 0 Å². The van der Waals surface area contributed by atoms with Crippen molar-refractivity contribution >= 4 is 29.4 Å². The molecule has 28 heavy (non-hydrogen) atoms. The molecular formula is C24H30N2O2+2. The lowest BCUT2D eigenvalue weighted by molar-refractivity contribution is -0.872. The van der Waals surface area contributed by atoms with Crippen molar-refractivity contribution in [3.63, 3.8) is 0 Å². The van der Waals surface area contributed by atoms with Gasteiger partial charge in [-0.1, -0.05) is 36.4 Å². The lowest BCUT2D eigenvalue weighted by Crippen LogP contribution is -3.04. The van der Waals surface area contributed by atoms with Crippen LogP contribution in [0.25, 0.3) is 12.2 Å². The van der Waals surface area contributed by atoms with Crippen molar-refractivity contribution in [2.75, 3.05) is 28.2 Å². The van der Waals surface area contributed by atoms with Gasteiger partial charge in [-0.2, -0.15) is 0 Å². The molecule has 2 aromatic carbocycles. The minimum atomic E-state index is -0.193. The Morgan fingerprint density at radius 3 is 1.64 bits per heavy atom. The molecule has 0 aliphatic rings. The van der Waals surface area contributed by atoms with Gasteiger partial charge >= 0.3 is 0 Å². The van der Waals surface area contributed by atoms with Crippen molar-refractivity contribution in [1.29, 1.82) is 0 Å². The highest BCUT2D eigenvalue weighted by Crippen LogP contribution is 2.08. The largest absolute Gasteiger partial charge is 0.336 e. The molecule has 0 radical (unpaired) electrons. The Hall–Kier alpha value is -2.82. The molecule has 0 saturated heterocycles. The molecule has 0 atom stereocenters. The Morgan fingerprint density at radius 1 is 0.750 bits per heavy atom. The number of benzene rings is 2. The summed E-state index contributed by atoms with van der Waals surface area (Å²) >= 11 is 0. The van der Waals surface area contributed by atoms with Gasteiger partial charge in [-0.15, -0.1) is 0 Å². The van der Waals surface area contributed by atoms with Crippen LogP contribution in [0.1, 0.15) is 23.1 Å². The van der Waals surface area contributed by atoms with Gasteiger partial charge in [0.1, 0.15) is 12.2 Å². The molecule has 146 valence electrons. The van der Waals surface area contributed by atoms with Gasteiger partial charge < -0.3 is 9.80 Å². The van der Waals surface area contributed by atoms with Gasteiger partial charge in [0.25, 0.3) is 0 Å². The first-order valence-electron chi connectivity index (χ1n) is 9.54. The van der Waals surface area contributed by atoms with E-state index in [9.17, 15) is 9.59 Å². The molecule has 2 aromatic rings. The van der Waals surface area contributed by atoms with Crippen LogP contribution in [0, 0.1) is 0 Å². The molecule has 4 nitrogen and oxygen atoms in total. The zero-order valence-corrected chi connectivity index (χ0v) is 17.2. The van der Waals surface area contributed by atoms with Gasteiger partial charge in [0.15, 0.2) is 11.6 Å². The minimum Gasteiger partial charge on any atom is -0.336 e. The van der Waals surface area contributed by atoms with Crippen LogP contribution in [0.2, 0.25) is 0 Å². The van der Waals surface area contributed by atoms with Crippen molar-refractivity contribution in [3.8, 4) is 0 Å². The molecule has 0 unspecified atom stereocenters. The fourth-order valence-corrected chi connectivity index (χ4v) is 2.75. The first kappa shape index (κ1) is 21.5. The maximum absolute atomic E-state index is 12.0. The molecule has 0 aliphatic heterocycles. The number of hydrogen-bond donors (Lipinski definition) is 2. The predicted octanol–water partition coefficient (Wildman–Crippen LogP) is 1.36. The third-order valence-electron chi connectivity index (χ3n) is 4.30. The Bertz CT molecular complexity index is 845. The van der Waals surface area contributed by atoms with Crippen LogP contribution in [0.4, 0.5) is 5.69 Å². The summed E-state index contributed by atoms with van der Waals surface area (Å²) in [5, 5.41) is 0. The smallest absolute Gasteiger partial charge is 0.163 e. The zero-order valence-electron chi connectivity index (χ0n) is 17.2. The third kappa shape index (κ3) is 7.43. The highest BCUT2D eigenvalue weighted by Gasteiger charge is 2.04. The van der Waals surface area contributed by atoms with Crippen LogP contribution in [0.15, 0.2) is 60.7 Å². The average Bonchev–Trinajstić information content (AvgIpc) is 2.65. The van der Waals surface area contributed by atoms with Crippen molar-refractivity contribution in [1.82, 2.24) is 0 Å². The molecule has 0 aliphatic carbocycles. The molecule has 0 amide bonds. The molecule has 0 spiro atoms. The number of allylic oxidation sites excluding steroid dienone is 2. The van der Waals surface area contributed by atoms with E-state index >= 15 is 0 Å². The van der Waals surface area contributed by atoms with Crippen LogP contribution in [-0.4, -0.2) is 39.8 Å². The van der Waals surface area contributed by atoms with Crippen molar-refractivity contribution < 1.29 is 19.4 Å². The molecule has 0 fully saturated rings. The maximum Gasteiger partial charge on any atom is 0.163 e. The predicted molar refractivity (Wildman–Crippen MR) is 115 cm³/mol. The number of rotatable bonds is 9. The summed E-state index contributed by atoms with van der Waals surface area (Å²) in [7, 11) is 8.34. The lowest BCUT2D eigenvalue weighted by Gasteiger charge is -2.06. The van der Waals surface area contributed by atoms with Crippen LogP contribution in [0.3, 0.4) is 0 Å². The molecule has 2 rings (SSSR count). The van der Waals surface area contributed by atoms with E-state index in [4.69, 9.17) is 0 Å². The van der Waals surface area contributed by atoms with E-state index in [1.165, 1.54) is 33.2 Å². The number of carbonyl (C=O) groups excluding carboxylic acids is 2. The molecule has 0 heterocycles. The van der Waals surface area contributed by atoms with E-state index in [-0.39, 0.29) is 18.0 Å². The fraction of sp³-hybridized carbons (Fsp3) is 0.250. The van der Waals surface area contributed by atoms with Crippen molar-refractivity contribution in [3.05, 3.63) is 77.4 Å². The monoisotopic (exact) mass is 378 g/mol. The molecule has 4 heteroatoms. The second-order valence-electron chi connectivity index (χ2n) is 7.52. The standard InChI is InChI=1S/C24H28N2O2/c1-25(2)18-21-7-5-19(6-8-21)11-15-23(27)17-24(28)16-12-20-9-13-22(14-10-20)26(3)4/h5-16H,17-18H2,1-4H3/p+2/b15-11+,16-12+. The summed E-state index contributed by atoms with van der Waals surface area (Å²) in [6.07, 6.45) is 6.34. The van der Waals surface area contributed by atoms with Crippen LogP contribution in [-0.2, 0) is 16.1 Å². The van der Waals surface area contributed by atoms with E-state index in [2.05, 4.69) is 40.3 Å². The summed E-state index contributed by atoms with van der Waals surface area (Å²) in [5.74, 6) is -0.385. The average molecular weight is 379 g/mol. The Morgan fingerprint density at radius 2 is 1.21 bits per heavy atom. The first-order chi connectivity index (χ1) is 13.3. The van der Waals surface area contributed by atoms with Gasteiger partial charge in [0, 0.05) is 5.56 Å². The molecular weight excluding hydrogens is 348 g/mol. The second-order valence-corrected chi connectivity index (χ2v) is 7.52. The van der Waals surface area contributed by atoms with E-state index in [0.29, 0.717) is 0 Å². The Labute approximate surface area is 167 Å². The summed E-state index contributed by atoms with van der Waals surface area (Å²) < 4.78 is 0. The number of carbonyl (C=O) groups is 2. The molecule has 0 aromatic heterocycles. The quantitative estimate of drug-likeness (QED) is 0.511. The molecule has 2 N–H and O–H groups in total. The van der Waals surface area contributed by atoms with Crippen LogP contribution in [0.5, 0.6) is 0 Å². The maximum atomic E-state index is 12.0. The lowest BCUT2D eigenvalue weighted by atomic mass is 10.1. The minimum absolute atomic E-state index is 0.116. The SMILES string of the molecule is C[NH+](C)Cc1ccc(/C=C/C(=O)CC(=O)/C=C/c2ccc([NH+](C)C)cc2)cc1. The highest BCUT2D eigenvalue weighted by molar-refractivity contribution is 6.10. The van der Waals surface area contributed by atoms with Crippen molar-refractivity contribution in [2.45, 2.75) is 13.0 Å². The normalized spacial score (nSPS) is 11.8. The first-order valence-corrected chi connectivity index (χ1v) is 9.54. The summed E-state index contributed by atoms with van der Waals surface area (Å²) in [5.41, 5.74) is 4.33. The molecule has 0 bridgehead atoms.